The van der Waals surface area contributed by atoms with E-state index in [0.717, 1.165) is 50.2 Å². The number of ether oxygens (including phenoxy) is 1. The van der Waals surface area contributed by atoms with Gasteiger partial charge in [0.15, 0.2) is 0 Å². The van der Waals surface area contributed by atoms with Crippen molar-refractivity contribution in [2.45, 2.75) is 38.6 Å². The smallest absolute Gasteiger partial charge is 0.259 e. The number of rotatable bonds is 5. The first kappa shape index (κ1) is 16.5. The Morgan fingerprint density at radius 3 is 2.88 bits per heavy atom. The van der Waals surface area contributed by atoms with Gasteiger partial charge in [-0.3, -0.25) is 9.69 Å². The molecular formula is C18H24N4O3. The van der Waals surface area contributed by atoms with Crippen LogP contribution >= 0.6 is 0 Å². The molecule has 7 heteroatoms. The summed E-state index contributed by atoms with van der Waals surface area (Å²) in [5, 5.41) is 7.78. The number of hydrogen-bond acceptors (Lipinski definition) is 6. The first-order valence-corrected chi connectivity index (χ1v) is 9.00. The van der Waals surface area contributed by atoms with E-state index in [1.54, 1.807) is 0 Å². The second-order valence-corrected chi connectivity index (χ2v) is 7.02. The van der Waals surface area contributed by atoms with E-state index in [1.165, 1.54) is 0 Å². The molecule has 1 saturated heterocycles. The maximum absolute atomic E-state index is 12.8. The second kappa shape index (κ2) is 6.72. The summed E-state index contributed by atoms with van der Waals surface area (Å²) in [6.07, 6.45) is 2.25. The Hall–Kier alpha value is -1.99. The normalized spacial score (nSPS) is 19.9. The summed E-state index contributed by atoms with van der Waals surface area (Å²) >= 11 is 0. The van der Waals surface area contributed by atoms with Crippen LogP contribution in [0.5, 0.6) is 0 Å². The van der Waals surface area contributed by atoms with Gasteiger partial charge in [-0.1, -0.05) is 5.16 Å². The molecule has 4 rings (SSSR count). The van der Waals surface area contributed by atoms with Gasteiger partial charge in [-0.15, -0.1) is 0 Å². The molecule has 0 bridgehead atoms. The van der Waals surface area contributed by atoms with Crippen molar-refractivity contribution in [1.82, 2.24) is 20.4 Å². The highest BCUT2D eigenvalue weighted by atomic mass is 16.5. The molecule has 2 aromatic rings. The number of pyridine rings is 1. The van der Waals surface area contributed by atoms with Crippen LogP contribution in [0.25, 0.3) is 11.1 Å². The predicted octanol–water partition coefficient (Wildman–Crippen LogP) is 1.86. The SMILES string of the molecule is Cc1noc2nc(C3CC3)cc(C(=O)NC[C@H](C)N3CCOCC3)c12. The van der Waals surface area contributed by atoms with Gasteiger partial charge >= 0.3 is 0 Å². The lowest BCUT2D eigenvalue weighted by Crippen LogP contribution is -2.47. The van der Waals surface area contributed by atoms with E-state index in [4.69, 9.17) is 9.26 Å². The van der Waals surface area contributed by atoms with Crippen molar-refractivity contribution < 1.29 is 14.1 Å². The molecule has 2 aliphatic rings. The quantitative estimate of drug-likeness (QED) is 0.892. The van der Waals surface area contributed by atoms with Crippen LogP contribution in [-0.4, -0.2) is 59.8 Å². The van der Waals surface area contributed by atoms with Gasteiger partial charge < -0.3 is 14.6 Å². The van der Waals surface area contributed by atoms with Crippen molar-refractivity contribution in [1.29, 1.82) is 0 Å². The standard InChI is InChI=1S/C18H24N4O3/c1-11(22-5-7-24-8-6-22)10-19-17(23)14-9-15(13-3-4-13)20-18-16(14)12(2)21-25-18/h9,11,13H,3-8,10H2,1-2H3,(H,19,23)/t11-/m0/s1. The Bertz CT molecular complexity index is 778. The van der Waals surface area contributed by atoms with Crippen LogP contribution in [0.3, 0.4) is 0 Å². The van der Waals surface area contributed by atoms with E-state index in [-0.39, 0.29) is 11.9 Å². The molecule has 0 unspecified atom stereocenters. The third-order valence-electron chi connectivity index (χ3n) is 5.10. The Labute approximate surface area is 146 Å². The first-order valence-electron chi connectivity index (χ1n) is 9.00. The highest BCUT2D eigenvalue weighted by molar-refractivity contribution is 6.06. The molecule has 3 heterocycles. The minimum atomic E-state index is -0.0827. The molecule has 1 N–H and O–H groups in total. The number of amides is 1. The number of hydrogen-bond donors (Lipinski definition) is 1. The van der Waals surface area contributed by atoms with Crippen molar-refractivity contribution >= 4 is 17.0 Å². The molecule has 0 spiro atoms. The van der Waals surface area contributed by atoms with Crippen LogP contribution in [-0.2, 0) is 4.74 Å². The molecule has 7 nitrogen and oxygen atoms in total. The second-order valence-electron chi connectivity index (χ2n) is 7.02. The summed E-state index contributed by atoms with van der Waals surface area (Å²) < 4.78 is 10.7. The lowest BCUT2D eigenvalue weighted by Gasteiger charge is -2.32. The molecule has 0 radical (unpaired) electrons. The summed E-state index contributed by atoms with van der Waals surface area (Å²) in [6.45, 7) is 7.92. The van der Waals surface area contributed by atoms with Crippen LogP contribution < -0.4 is 5.32 Å². The number of nitrogens with one attached hydrogen (secondary N) is 1. The molecular weight excluding hydrogens is 320 g/mol. The van der Waals surface area contributed by atoms with E-state index in [9.17, 15) is 4.79 Å². The van der Waals surface area contributed by atoms with Gasteiger partial charge in [0, 0.05) is 37.3 Å². The molecule has 1 aliphatic carbocycles. The van der Waals surface area contributed by atoms with Crippen LogP contribution in [0.2, 0.25) is 0 Å². The van der Waals surface area contributed by atoms with Crippen molar-refractivity contribution in [2.75, 3.05) is 32.8 Å². The number of aryl methyl sites for hydroxylation is 1. The Balaban J connectivity index is 1.51. The highest BCUT2D eigenvalue weighted by Crippen LogP contribution is 2.40. The number of morpholine rings is 1. The molecule has 1 atom stereocenters. The number of carbonyl (C=O) groups excluding carboxylic acids is 1. The lowest BCUT2D eigenvalue weighted by atomic mass is 10.1. The monoisotopic (exact) mass is 344 g/mol. The van der Waals surface area contributed by atoms with Gasteiger partial charge in [0.1, 0.15) is 0 Å². The van der Waals surface area contributed by atoms with Crippen molar-refractivity contribution in [3.63, 3.8) is 0 Å². The number of aromatic nitrogens is 2. The number of fused-ring (bicyclic) bond motifs is 1. The van der Waals surface area contributed by atoms with Gasteiger partial charge in [0.2, 0.25) is 0 Å². The van der Waals surface area contributed by atoms with E-state index in [0.29, 0.717) is 29.4 Å². The summed E-state index contributed by atoms with van der Waals surface area (Å²) in [6, 6.07) is 2.19. The molecule has 2 fully saturated rings. The van der Waals surface area contributed by atoms with E-state index >= 15 is 0 Å². The zero-order valence-electron chi connectivity index (χ0n) is 14.7. The zero-order chi connectivity index (χ0) is 17.4. The molecule has 1 saturated carbocycles. The minimum Gasteiger partial charge on any atom is -0.379 e. The van der Waals surface area contributed by atoms with Gasteiger partial charge in [0.25, 0.3) is 11.6 Å². The Morgan fingerprint density at radius 2 is 2.16 bits per heavy atom. The van der Waals surface area contributed by atoms with Crippen molar-refractivity contribution in [3.05, 3.63) is 23.0 Å². The average molecular weight is 344 g/mol. The summed E-state index contributed by atoms with van der Waals surface area (Å²) in [5.41, 5.74) is 2.74. The van der Waals surface area contributed by atoms with Crippen LogP contribution in [0, 0.1) is 6.92 Å². The molecule has 0 aromatic carbocycles. The molecule has 1 aliphatic heterocycles. The largest absolute Gasteiger partial charge is 0.379 e. The third-order valence-corrected chi connectivity index (χ3v) is 5.10. The van der Waals surface area contributed by atoms with Crippen molar-refractivity contribution in [2.24, 2.45) is 0 Å². The van der Waals surface area contributed by atoms with E-state index < -0.39 is 0 Å². The molecule has 1 amide bonds. The van der Waals surface area contributed by atoms with Crippen LogP contribution in [0.15, 0.2) is 10.6 Å². The lowest BCUT2D eigenvalue weighted by molar-refractivity contribution is 0.0204. The maximum Gasteiger partial charge on any atom is 0.259 e. The van der Waals surface area contributed by atoms with E-state index in [1.807, 2.05) is 13.0 Å². The first-order chi connectivity index (χ1) is 12.1. The Kier molecular flexibility index (Phi) is 4.43. The van der Waals surface area contributed by atoms with Gasteiger partial charge in [-0.2, -0.15) is 0 Å². The topological polar surface area (TPSA) is 80.5 Å². The predicted molar refractivity (Wildman–Crippen MR) is 92.7 cm³/mol. The Morgan fingerprint density at radius 1 is 1.40 bits per heavy atom. The van der Waals surface area contributed by atoms with Crippen LogP contribution in [0.1, 0.15) is 47.4 Å². The third kappa shape index (κ3) is 3.39. The van der Waals surface area contributed by atoms with E-state index in [2.05, 4.69) is 27.3 Å². The highest BCUT2D eigenvalue weighted by Gasteiger charge is 2.29. The fourth-order valence-electron chi connectivity index (χ4n) is 3.36. The van der Waals surface area contributed by atoms with Crippen LogP contribution in [0.4, 0.5) is 0 Å². The van der Waals surface area contributed by atoms with Gasteiger partial charge in [-0.25, -0.2) is 4.98 Å². The fraction of sp³-hybridized carbons (Fsp3) is 0.611. The summed E-state index contributed by atoms with van der Waals surface area (Å²) in [5.74, 6) is 0.370. The van der Waals surface area contributed by atoms with Gasteiger partial charge in [0.05, 0.1) is 29.9 Å². The summed E-state index contributed by atoms with van der Waals surface area (Å²) in [4.78, 5) is 19.7. The number of nitrogens with zero attached hydrogens (tertiary/aromatic N) is 3. The summed E-state index contributed by atoms with van der Waals surface area (Å²) in [7, 11) is 0. The molecule has 134 valence electrons. The van der Waals surface area contributed by atoms with Gasteiger partial charge in [-0.05, 0) is 32.8 Å². The fourth-order valence-corrected chi connectivity index (χ4v) is 3.36. The zero-order valence-corrected chi connectivity index (χ0v) is 14.7. The minimum absolute atomic E-state index is 0.0827. The maximum atomic E-state index is 12.8. The average Bonchev–Trinajstić information content (AvgIpc) is 3.43. The molecule has 25 heavy (non-hydrogen) atoms. The molecule has 2 aromatic heterocycles. The number of carbonyl (C=O) groups is 1. The van der Waals surface area contributed by atoms with Crippen molar-refractivity contribution in [3.8, 4) is 0 Å².